The summed E-state index contributed by atoms with van der Waals surface area (Å²) in [5.41, 5.74) is 0.328. The van der Waals surface area contributed by atoms with Gasteiger partial charge in [-0.2, -0.15) is 0 Å². The van der Waals surface area contributed by atoms with Crippen LogP contribution in [0.1, 0.15) is 46.0 Å². The molecule has 2 fully saturated rings. The van der Waals surface area contributed by atoms with Gasteiger partial charge in [0.1, 0.15) is 0 Å². The second-order valence-electron chi connectivity index (χ2n) is 5.65. The van der Waals surface area contributed by atoms with Crippen molar-refractivity contribution in [3.05, 3.63) is 0 Å². The Hall–Kier alpha value is -0.860. The fourth-order valence-corrected chi connectivity index (χ4v) is 2.86. The fourth-order valence-electron chi connectivity index (χ4n) is 2.86. The Morgan fingerprint density at radius 2 is 2.07 bits per heavy atom. The van der Waals surface area contributed by atoms with Crippen molar-refractivity contribution in [2.24, 2.45) is 5.41 Å². The van der Waals surface area contributed by atoms with Crippen molar-refractivity contribution in [2.45, 2.75) is 52.0 Å². The van der Waals surface area contributed by atoms with Gasteiger partial charge in [0.2, 0.25) is 5.91 Å². The summed E-state index contributed by atoms with van der Waals surface area (Å²) < 4.78 is 0. The molecule has 15 heavy (non-hydrogen) atoms. The molecule has 1 aliphatic heterocycles. The molecule has 0 radical (unpaired) electrons. The maximum Gasteiger partial charge on any atom is 0.230 e. The Balaban J connectivity index is 2.04. The first-order valence-electron chi connectivity index (χ1n) is 5.79. The summed E-state index contributed by atoms with van der Waals surface area (Å²) in [7, 11) is 0. The number of likely N-dealkylation sites (tertiary alicyclic amines) is 1. The van der Waals surface area contributed by atoms with E-state index in [1.807, 2.05) is 4.90 Å². The summed E-state index contributed by atoms with van der Waals surface area (Å²) in [6, 6.07) is 0.313. The summed E-state index contributed by atoms with van der Waals surface area (Å²) in [6.07, 6.45) is 4.67. The smallest absolute Gasteiger partial charge is 0.230 e. The van der Waals surface area contributed by atoms with E-state index in [-0.39, 0.29) is 18.1 Å². The van der Waals surface area contributed by atoms with Gasteiger partial charge in [0.25, 0.3) is 0 Å². The van der Waals surface area contributed by atoms with Crippen LogP contribution in [-0.2, 0) is 9.59 Å². The predicted molar refractivity (Wildman–Crippen MR) is 57.4 cm³/mol. The third kappa shape index (κ3) is 2.21. The summed E-state index contributed by atoms with van der Waals surface area (Å²) in [5.74, 6) is 0.131. The minimum Gasteiger partial charge on any atom is -0.332 e. The fraction of sp³-hybridized carbons (Fsp3) is 0.833. The van der Waals surface area contributed by atoms with Crippen LogP contribution in [-0.4, -0.2) is 29.2 Å². The molecule has 1 atom stereocenters. The van der Waals surface area contributed by atoms with Crippen LogP contribution in [0.15, 0.2) is 0 Å². The molecule has 1 unspecified atom stereocenters. The SMILES string of the molecule is CC1(C)CCCC(N2CC(=O)CC2=O)C1. The first kappa shape index (κ1) is 10.7. The van der Waals surface area contributed by atoms with Crippen molar-refractivity contribution in [3.63, 3.8) is 0 Å². The molecule has 1 aliphatic carbocycles. The van der Waals surface area contributed by atoms with Gasteiger partial charge in [-0.15, -0.1) is 0 Å². The van der Waals surface area contributed by atoms with Crippen LogP contribution in [0, 0.1) is 5.41 Å². The maximum absolute atomic E-state index is 11.6. The molecule has 84 valence electrons. The van der Waals surface area contributed by atoms with Crippen molar-refractivity contribution in [2.75, 3.05) is 6.54 Å². The molecule has 0 N–H and O–H groups in total. The molecule has 1 saturated heterocycles. The Bertz CT molecular complexity index is 296. The largest absolute Gasteiger partial charge is 0.332 e. The quantitative estimate of drug-likeness (QED) is 0.617. The standard InChI is InChI=1S/C12H19NO2/c1-12(2)5-3-4-9(7-12)13-8-10(14)6-11(13)15/h9H,3-8H2,1-2H3. The van der Waals surface area contributed by atoms with Gasteiger partial charge >= 0.3 is 0 Å². The third-order valence-corrected chi connectivity index (χ3v) is 3.64. The normalized spacial score (nSPS) is 31.1. The van der Waals surface area contributed by atoms with Gasteiger partial charge in [-0.1, -0.05) is 20.3 Å². The van der Waals surface area contributed by atoms with E-state index in [0.29, 0.717) is 18.0 Å². The topological polar surface area (TPSA) is 37.4 Å². The zero-order valence-electron chi connectivity index (χ0n) is 9.58. The van der Waals surface area contributed by atoms with Crippen LogP contribution in [0.25, 0.3) is 0 Å². The van der Waals surface area contributed by atoms with E-state index in [2.05, 4.69) is 13.8 Å². The highest BCUT2D eigenvalue weighted by atomic mass is 16.2. The summed E-state index contributed by atoms with van der Waals surface area (Å²) in [4.78, 5) is 24.6. The summed E-state index contributed by atoms with van der Waals surface area (Å²) in [6.45, 7) is 4.86. The number of carbonyl (C=O) groups is 2. The van der Waals surface area contributed by atoms with Crippen LogP contribution in [0.4, 0.5) is 0 Å². The summed E-state index contributed by atoms with van der Waals surface area (Å²) >= 11 is 0. The van der Waals surface area contributed by atoms with Gasteiger partial charge in [0.15, 0.2) is 5.78 Å². The highest BCUT2D eigenvalue weighted by Crippen LogP contribution is 2.38. The predicted octanol–water partition coefficient (Wildman–Crippen LogP) is 1.76. The minimum atomic E-state index is 0.0442. The lowest BCUT2D eigenvalue weighted by Gasteiger charge is -2.39. The number of carbonyl (C=O) groups excluding carboxylic acids is 2. The lowest BCUT2D eigenvalue weighted by molar-refractivity contribution is -0.130. The van der Waals surface area contributed by atoms with Gasteiger partial charge in [-0.25, -0.2) is 0 Å². The molecule has 0 aromatic carbocycles. The number of hydrogen-bond donors (Lipinski definition) is 0. The van der Waals surface area contributed by atoms with Crippen molar-refractivity contribution in [3.8, 4) is 0 Å². The van der Waals surface area contributed by atoms with Crippen LogP contribution in [0.5, 0.6) is 0 Å². The van der Waals surface area contributed by atoms with Gasteiger partial charge < -0.3 is 4.90 Å². The van der Waals surface area contributed by atoms with E-state index in [1.54, 1.807) is 0 Å². The Morgan fingerprint density at radius 1 is 1.33 bits per heavy atom. The number of rotatable bonds is 1. The molecular formula is C12H19NO2. The lowest BCUT2D eigenvalue weighted by atomic mass is 9.75. The zero-order chi connectivity index (χ0) is 11.1. The average Bonchev–Trinajstić information content (AvgIpc) is 2.43. The van der Waals surface area contributed by atoms with E-state index >= 15 is 0 Å². The Labute approximate surface area is 90.8 Å². The van der Waals surface area contributed by atoms with Gasteiger partial charge in [0, 0.05) is 6.04 Å². The Kier molecular flexibility index (Phi) is 2.57. The average molecular weight is 209 g/mol. The molecule has 1 heterocycles. The summed E-state index contributed by atoms with van der Waals surface area (Å²) in [5, 5.41) is 0. The zero-order valence-corrected chi connectivity index (χ0v) is 9.58. The van der Waals surface area contributed by atoms with Crippen molar-refractivity contribution in [1.29, 1.82) is 0 Å². The molecule has 1 saturated carbocycles. The number of nitrogens with zero attached hydrogens (tertiary/aromatic N) is 1. The Morgan fingerprint density at radius 3 is 2.60 bits per heavy atom. The molecule has 2 rings (SSSR count). The van der Waals surface area contributed by atoms with Gasteiger partial charge in [-0.3, -0.25) is 9.59 Å². The second-order valence-corrected chi connectivity index (χ2v) is 5.65. The van der Waals surface area contributed by atoms with Crippen LogP contribution < -0.4 is 0 Å². The van der Waals surface area contributed by atoms with E-state index < -0.39 is 0 Å². The molecule has 0 bridgehead atoms. The minimum absolute atomic E-state index is 0.0442. The molecular weight excluding hydrogens is 190 g/mol. The van der Waals surface area contributed by atoms with Crippen molar-refractivity contribution < 1.29 is 9.59 Å². The van der Waals surface area contributed by atoms with Gasteiger partial charge in [-0.05, 0) is 24.7 Å². The molecule has 0 spiro atoms. The van der Waals surface area contributed by atoms with E-state index in [0.717, 1.165) is 12.8 Å². The molecule has 3 nitrogen and oxygen atoms in total. The maximum atomic E-state index is 11.6. The van der Waals surface area contributed by atoms with Crippen molar-refractivity contribution >= 4 is 11.7 Å². The van der Waals surface area contributed by atoms with Crippen LogP contribution in [0.2, 0.25) is 0 Å². The molecule has 0 aromatic heterocycles. The molecule has 3 heteroatoms. The van der Waals surface area contributed by atoms with Gasteiger partial charge in [0.05, 0.1) is 13.0 Å². The lowest BCUT2D eigenvalue weighted by Crippen LogP contribution is -2.42. The molecule has 1 amide bonds. The van der Waals surface area contributed by atoms with E-state index in [9.17, 15) is 9.59 Å². The van der Waals surface area contributed by atoms with E-state index in [4.69, 9.17) is 0 Å². The molecule has 0 aromatic rings. The highest BCUT2D eigenvalue weighted by Gasteiger charge is 2.37. The highest BCUT2D eigenvalue weighted by molar-refractivity contribution is 6.05. The number of amides is 1. The molecule has 2 aliphatic rings. The monoisotopic (exact) mass is 209 g/mol. The third-order valence-electron chi connectivity index (χ3n) is 3.64. The van der Waals surface area contributed by atoms with Crippen LogP contribution >= 0.6 is 0 Å². The first-order chi connectivity index (χ1) is 6.98. The second kappa shape index (κ2) is 3.62. The number of Topliss-reactive ketones (excluding diaryl/α,β-unsaturated/α-hetero) is 1. The van der Waals surface area contributed by atoms with E-state index in [1.165, 1.54) is 12.8 Å². The van der Waals surface area contributed by atoms with Crippen LogP contribution in [0.3, 0.4) is 0 Å². The number of ketones is 1. The van der Waals surface area contributed by atoms with Crippen molar-refractivity contribution in [1.82, 2.24) is 4.90 Å². The first-order valence-corrected chi connectivity index (χ1v) is 5.79. The number of hydrogen-bond acceptors (Lipinski definition) is 2.